The van der Waals surface area contributed by atoms with E-state index < -0.39 is 0 Å². The average Bonchev–Trinajstić information content (AvgIpc) is 2.39. The molecule has 7 heteroatoms. The van der Waals surface area contributed by atoms with Gasteiger partial charge >= 0.3 is 0 Å². The third-order valence-electron chi connectivity index (χ3n) is 2.87. The van der Waals surface area contributed by atoms with Gasteiger partial charge in [-0.3, -0.25) is 9.80 Å². The van der Waals surface area contributed by atoms with Gasteiger partial charge < -0.3 is 25.7 Å². The zero-order valence-electron chi connectivity index (χ0n) is 11.7. The molecule has 0 saturated heterocycles. The van der Waals surface area contributed by atoms with Crippen molar-refractivity contribution in [3.05, 3.63) is 0 Å². The molecule has 5 N–H and O–H groups in total. The predicted molar refractivity (Wildman–Crippen MR) is 74.1 cm³/mol. The Labute approximate surface area is 115 Å². The van der Waals surface area contributed by atoms with Crippen molar-refractivity contribution in [2.24, 2.45) is 0 Å². The van der Waals surface area contributed by atoms with Gasteiger partial charge in [-0.05, 0) is 0 Å². The maximum atomic E-state index is 8.86. The first kappa shape index (κ1) is 18.7. The molecular weight excluding hydrogens is 250 g/mol. The lowest BCUT2D eigenvalue weighted by Crippen LogP contribution is -2.39. The predicted octanol–water partition coefficient (Wildman–Crippen LogP) is -2.85. The summed E-state index contributed by atoms with van der Waals surface area (Å²) in [6.07, 6.45) is 0. The highest BCUT2D eigenvalue weighted by Gasteiger charge is 2.04. The van der Waals surface area contributed by atoms with Gasteiger partial charge in [0.25, 0.3) is 0 Å². The third-order valence-corrected chi connectivity index (χ3v) is 2.87. The smallest absolute Gasteiger partial charge is 0.0558 e. The number of aliphatic hydroxyl groups excluding tert-OH is 4. The van der Waals surface area contributed by atoms with Gasteiger partial charge in [0, 0.05) is 52.4 Å². The van der Waals surface area contributed by atoms with Crippen LogP contribution in [0.4, 0.5) is 0 Å². The van der Waals surface area contributed by atoms with Gasteiger partial charge in [0.15, 0.2) is 0 Å². The van der Waals surface area contributed by atoms with Gasteiger partial charge in [0.05, 0.1) is 26.4 Å². The minimum absolute atomic E-state index is 0.0980. The van der Waals surface area contributed by atoms with Crippen molar-refractivity contribution in [1.82, 2.24) is 15.1 Å². The van der Waals surface area contributed by atoms with Gasteiger partial charge in [0.2, 0.25) is 0 Å². The second kappa shape index (κ2) is 14.1. The lowest BCUT2D eigenvalue weighted by molar-refractivity contribution is 0.155. The van der Waals surface area contributed by atoms with Crippen LogP contribution in [0.3, 0.4) is 0 Å². The molecule has 0 fully saturated rings. The van der Waals surface area contributed by atoms with Crippen LogP contribution in [0.5, 0.6) is 0 Å². The van der Waals surface area contributed by atoms with Gasteiger partial charge in [-0.25, -0.2) is 0 Å². The second-order valence-electron chi connectivity index (χ2n) is 4.33. The molecule has 0 aliphatic heterocycles. The quantitative estimate of drug-likeness (QED) is 0.218. The number of rotatable bonds is 14. The largest absolute Gasteiger partial charge is 0.395 e. The van der Waals surface area contributed by atoms with Crippen LogP contribution in [0.2, 0.25) is 0 Å². The second-order valence-corrected chi connectivity index (χ2v) is 4.33. The van der Waals surface area contributed by atoms with Crippen molar-refractivity contribution >= 4 is 0 Å². The molecule has 0 radical (unpaired) electrons. The van der Waals surface area contributed by atoms with E-state index in [1.54, 1.807) is 0 Å². The summed E-state index contributed by atoms with van der Waals surface area (Å²) >= 11 is 0. The van der Waals surface area contributed by atoms with Gasteiger partial charge in [-0.1, -0.05) is 0 Å². The summed E-state index contributed by atoms with van der Waals surface area (Å²) < 4.78 is 0. The van der Waals surface area contributed by atoms with E-state index in [0.717, 1.165) is 26.2 Å². The van der Waals surface area contributed by atoms with Crippen molar-refractivity contribution in [2.75, 3.05) is 78.8 Å². The van der Waals surface area contributed by atoms with Crippen molar-refractivity contribution in [3.8, 4) is 0 Å². The number of hydrogen-bond acceptors (Lipinski definition) is 7. The Balaban J connectivity index is 3.59. The van der Waals surface area contributed by atoms with Crippen molar-refractivity contribution in [3.63, 3.8) is 0 Å². The molecule has 0 aliphatic rings. The van der Waals surface area contributed by atoms with Gasteiger partial charge in [-0.2, -0.15) is 0 Å². The molecule has 0 aromatic rings. The summed E-state index contributed by atoms with van der Waals surface area (Å²) in [6.45, 7) is 5.81. The maximum absolute atomic E-state index is 8.86. The van der Waals surface area contributed by atoms with Crippen LogP contribution in [-0.2, 0) is 0 Å². The fourth-order valence-corrected chi connectivity index (χ4v) is 1.84. The lowest BCUT2D eigenvalue weighted by atomic mass is 10.4. The molecule has 0 aromatic carbocycles. The SMILES string of the molecule is OCCN(CCO)CCNCCN(CCO)CCO. The highest BCUT2D eigenvalue weighted by atomic mass is 16.3. The van der Waals surface area contributed by atoms with E-state index in [-0.39, 0.29) is 26.4 Å². The topological polar surface area (TPSA) is 99.4 Å². The first-order valence-electron chi connectivity index (χ1n) is 6.87. The number of aliphatic hydroxyl groups is 4. The fourth-order valence-electron chi connectivity index (χ4n) is 1.84. The summed E-state index contributed by atoms with van der Waals surface area (Å²) in [5.74, 6) is 0. The first-order chi connectivity index (χ1) is 9.28. The number of hydrogen-bond donors (Lipinski definition) is 5. The molecule has 0 spiro atoms. The van der Waals surface area contributed by atoms with E-state index in [9.17, 15) is 0 Å². The van der Waals surface area contributed by atoms with E-state index in [1.165, 1.54) is 0 Å². The Hall–Kier alpha value is -0.280. The Morgan fingerprint density at radius 1 is 0.526 bits per heavy atom. The normalized spacial score (nSPS) is 11.7. The van der Waals surface area contributed by atoms with Crippen LogP contribution in [0.1, 0.15) is 0 Å². The lowest BCUT2D eigenvalue weighted by Gasteiger charge is -2.22. The Morgan fingerprint density at radius 3 is 1.11 bits per heavy atom. The molecule has 0 atom stereocenters. The zero-order chi connectivity index (χ0) is 14.3. The summed E-state index contributed by atoms with van der Waals surface area (Å²) in [4.78, 5) is 3.98. The number of nitrogens with zero attached hydrogens (tertiary/aromatic N) is 2. The molecule has 0 bridgehead atoms. The fraction of sp³-hybridized carbons (Fsp3) is 1.00. The molecule has 7 nitrogen and oxygen atoms in total. The van der Waals surface area contributed by atoms with E-state index in [1.807, 2.05) is 9.80 Å². The van der Waals surface area contributed by atoms with Crippen molar-refractivity contribution in [1.29, 1.82) is 0 Å². The molecule has 116 valence electrons. The van der Waals surface area contributed by atoms with E-state index in [0.29, 0.717) is 26.2 Å². The molecule has 0 unspecified atom stereocenters. The minimum atomic E-state index is 0.0980. The maximum Gasteiger partial charge on any atom is 0.0558 e. The van der Waals surface area contributed by atoms with Gasteiger partial charge in [-0.15, -0.1) is 0 Å². The van der Waals surface area contributed by atoms with E-state index in [2.05, 4.69) is 5.32 Å². The van der Waals surface area contributed by atoms with Crippen LogP contribution >= 0.6 is 0 Å². The molecule has 0 rings (SSSR count). The third kappa shape index (κ3) is 11.3. The Morgan fingerprint density at radius 2 is 0.842 bits per heavy atom. The van der Waals surface area contributed by atoms with Crippen molar-refractivity contribution < 1.29 is 20.4 Å². The van der Waals surface area contributed by atoms with Crippen LogP contribution in [0.25, 0.3) is 0 Å². The number of nitrogens with one attached hydrogen (secondary N) is 1. The summed E-state index contributed by atoms with van der Waals surface area (Å²) in [5, 5.41) is 38.7. The Bertz CT molecular complexity index is 156. The molecule has 0 aromatic heterocycles. The summed E-state index contributed by atoms with van der Waals surface area (Å²) in [6, 6.07) is 0. The Kier molecular flexibility index (Phi) is 13.9. The molecule has 0 aliphatic carbocycles. The zero-order valence-corrected chi connectivity index (χ0v) is 11.7. The summed E-state index contributed by atoms with van der Waals surface area (Å²) in [7, 11) is 0. The monoisotopic (exact) mass is 279 g/mol. The minimum Gasteiger partial charge on any atom is -0.395 e. The summed E-state index contributed by atoms with van der Waals surface area (Å²) in [5.41, 5.74) is 0. The molecule has 0 heterocycles. The van der Waals surface area contributed by atoms with E-state index >= 15 is 0 Å². The van der Waals surface area contributed by atoms with Crippen LogP contribution < -0.4 is 5.32 Å². The molecular formula is C12H29N3O4. The van der Waals surface area contributed by atoms with Crippen molar-refractivity contribution in [2.45, 2.75) is 0 Å². The van der Waals surface area contributed by atoms with Crippen LogP contribution in [-0.4, -0.2) is 109 Å². The standard InChI is InChI=1S/C12H29N3O4/c16-9-5-14(6-10-17)3-1-13-2-4-15(7-11-18)8-12-19/h13,16-19H,1-12H2. The molecule has 0 saturated carbocycles. The average molecular weight is 279 g/mol. The van der Waals surface area contributed by atoms with Crippen LogP contribution in [0.15, 0.2) is 0 Å². The highest BCUT2D eigenvalue weighted by molar-refractivity contribution is 4.62. The first-order valence-corrected chi connectivity index (χ1v) is 6.87. The molecule has 19 heavy (non-hydrogen) atoms. The molecule has 0 amide bonds. The van der Waals surface area contributed by atoms with Gasteiger partial charge in [0.1, 0.15) is 0 Å². The van der Waals surface area contributed by atoms with Crippen LogP contribution in [0, 0.1) is 0 Å². The van der Waals surface area contributed by atoms with E-state index in [4.69, 9.17) is 20.4 Å². The highest BCUT2D eigenvalue weighted by Crippen LogP contribution is 1.87.